The molecule has 2 aliphatic rings. The molecule has 1 saturated carbocycles. The summed E-state index contributed by atoms with van der Waals surface area (Å²) in [6.45, 7) is -2.07. The van der Waals surface area contributed by atoms with Crippen molar-refractivity contribution in [3.8, 4) is 22.8 Å². The van der Waals surface area contributed by atoms with E-state index in [1.165, 1.54) is 18.7 Å². The van der Waals surface area contributed by atoms with Gasteiger partial charge >= 0.3 is 6.61 Å². The quantitative estimate of drug-likeness (QED) is 0.580. The molecule has 1 aliphatic carbocycles. The number of hydrogen-bond donors (Lipinski definition) is 2. The molecule has 1 aliphatic heterocycles. The van der Waals surface area contributed by atoms with Crippen LogP contribution in [0, 0.1) is 0 Å². The summed E-state index contributed by atoms with van der Waals surface area (Å²) in [6, 6.07) is 7.52. The predicted octanol–water partition coefficient (Wildman–Crippen LogP) is 3.93. The number of nitrogens with zero attached hydrogens (tertiary/aromatic N) is 2. The predicted molar refractivity (Wildman–Crippen MR) is 114 cm³/mol. The maximum atomic E-state index is 13.2. The second-order valence-electron chi connectivity index (χ2n) is 8.16. The van der Waals surface area contributed by atoms with Gasteiger partial charge in [-0.3, -0.25) is 9.20 Å². The summed E-state index contributed by atoms with van der Waals surface area (Å²) >= 11 is 0. The molecule has 7 nitrogen and oxygen atoms in total. The van der Waals surface area contributed by atoms with E-state index in [-0.39, 0.29) is 23.1 Å². The molecule has 168 valence electrons. The summed E-state index contributed by atoms with van der Waals surface area (Å²) in [5.74, 6) is -0.550. The highest BCUT2D eigenvalue weighted by Gasteiger charge is 2.29. The standard InChI is InChI=1S/C23H24F2N4O3/c1-31-18-9-14(10-19(32-23(24)25)21(18)22(30)28-15-4-5-15)17-12-27-20-11-13(6-8-29(17)20)16-3-2-7-26-16/h6,8-12,15-16,23,26H,2-5,7H2,1H3,(H,28,30). The molecule has 3 aromatic rings. The first kappa shape index (κ1) is 20.7. The monoisotopic (exact) mass is 442 g/mol. The lowest BCUT2D eigenvalue weighted by molar-refractivity contribution is -0.0502. The van der Waals surface area contributed by atoms with Crippen molar-refractivity contribution in [3.05, 3.63) is 47.8 Å². The van der Waals surface area contributed by atoms with Gasteiger partial charge in [0, 0.05) is 23.8 Å². The summed E-state index contributed by atoms with van der Waals surface area (Å²) < 4.78 is 38.4. The Labute approximate surface area is 183 Å². The number of fused-ring (bicyclic) bond motifs is 1. The summed E-state index contributed by atoms with van der Waals surface area (Å²) in [5.41, 5.74) is 3.11. The molecule has 2 fully saturated rings. The molecule has 0 bridgehead atoms. The van der Waals surface area contributed by atoms with E-state index in [0.717, 1.165) is 37.9 Å². The minimum Gasteiger partial charge on any atom is -0.496 e. The van der Waals surface area contributed by atoms with Crippen LogP contribution in [0.5, 0.6) is 11.5 Å². The van der Waals surface area contributed by atoms with Crippen molar-refractivity contribution in [3.63, 3.8) is 0 Å². The van der Waals surface area contributed by atoms with Crippen molar-refractivity contribution in [1.82, 2.24) is 20.0 Å². The van der Waals surface area contributed by atoms with E-state index in [1.807, 2.05) is 22.7 Å². The lowest BCUT2D eigenvalue weighted by atomic mass is 10.0. The second kappa shape index (κ2) is 8.38. The zero-order valence-electron chi connectivity index (χ0n) is 17.6. The van der Waals surface area contributed by atoms with Crippen molar-refractivity contribution in [1.29, 1.82) is 0 Å². The van der Waals surface area contributed by atoms with E-state index >= 15 is 0 Å². The molecule has 9 heteroatoms. The lowest BCUT2D eigenvalue weighted by Gasteiger charge is -2.16. The van der Waals surface area contributed by atoms with Crippen LogP contribution in [0.1, 0.15) is 47.6 Å². The summed E-state index contributed by atoms with van der Waals surface area (Å²) in [6.07, 6.45) is 7.56. The summed E-state index contributed by atoms with van der Waals surface area (Å²) in [7, 11) is 1.40. The molecule has 1 unspecified atom stereocenters. The first-order valence-electron chi connectivity index (χ1n) is 10.7. The number of aromatic nitrogens is 2. The Bertz CT molecular complexity index is 1150. The number of amides is 1. The van der Waals surface area contributed by atoms with Crippen LogP contribution >= 0.6 is 0 Å². The number of methoxy groups -OCH3 is 1. The fourth-order valence-corrected chi connectivity index (χ4v) is 4.19. The van der Waals surface area contributed by atoms with E-state index < -0.39 is 12.5 Å². The van der Waals surface area contributed by atoms with Crippen molar-refractivity contribution < 1.29 is 23.0 Å². The van der Waals surface area contributed by atoms with Crippen LogP contribution in [0.4, 0.5) is 8.78 Å². The van der Waals surface area contributed by atoms with Gasteiger partial charge in [-0.25, -0.2) is 4.98 Å². The molecule has 1 aromatic carbocycles. The fraction of sp³-hybridized carbons (Fsp3) is 0.391. The topological polar surface area (TPSA) is 76.9 Å². The van der Waals surface area contributed by atoms with Gasteiger partial charge in [0.15, 0.2) is 0 Å². The number of carbonyl (C=O) groups excluding carboxylic acids is 1. The van der Waals surface area contributed by atoms with Crippen molar-refractivity contribution in [2.75, 3.05) is 13.7 Å². The first-order chi connectivity index (χ1) is 15.5. The largest absolute Gasteiger partial charge is 0.496 e. The number of carbonyl (C=O) groups is 1. The molecular weight excluding hydrogens is 418 g/mol. The molecule has 2 N–H and O–H groups in total. The second-order valence-corrected chi connectivity index (χ2v) is 8.16. The van der Waals surface area contributed by atoms with Gasteiger partial charge in [0.25, 0.3) is 5.91 Å². The minimum absolute atomic E-state index is 0.0353. The van der Waals surface area contributed by atoms with E-state index in [0.29, 0.717) is 17.3 Å². The Kier molecular flexibility index (Phi) is 5.42. The molecule has 2 aromatic heterocycles. The first-order valence-corrected chi connectivity index (χ1v) is 10.7. The van der Waals surface area contributed by atoms with Crippen LogP contribution in [0.25, 0.3) is 16.9 Å². The van der Waals surface area contributed by atoms with Crippen molar-refractivity contribution in [2.45, 2.75) is 44.4 Å². The van der Waals surface area contributed by atoms with Crippen LogP contribution in [0.15, 0.2) is 36.7 Å². The highest BCUT2D eigenvalue weighted by atomic mass is 19.3. The highest BCUT2D eigenvalue weighted by Crippen LogP contribution is 2.37. The van der Waals surface area contributed by atoms with Crippen LogP contribution in [-0.4, -0.2) is 41.6 Å². The Balaban J connectivity index is 1.56. The average molecular weight is 442 g/mol. The van der Waals surface area contributed by atoms with Gasteiger partial charge in [-0.05, 0) is 62.1 Å². The third-order valence-electron chi connectivity index (χ3n) is 5.94. The molecule has 5 rings (SSSR count). The van der Waals surface area contributed by atoms with Crippen LogP contribution in [0.3, 0.4) is 0 Å². The number of nitrogens with one attached hydrogen (secondary N) is 2. The van der Waals surface area contributed by atoms with Crippen LogP contribution in [0.2, 0.25) is 0 Å². The third kappa shape index (κ3) is 4.00. The van der Waals surface area contributed by atoms with Gasteiger partial charge in [-0.2, -0.15) is 8.78 Å². The van der Waals surface area contributed by atoms with E-state index in [4.69, 9.17) is 9.47 Å². The van der Waals surface area contributed by atoms with E-state index in [1.54, 1.807) is 12.3 Å². The van der Waals surface area contributed by atoms with Gasteiger partial charge < -0.3 is 20.1 Å². The number of ether oxygens (including phenoxy) is 2. The average Bonchev–Trinajstić information content (AvgIpc) is 3.26. The van der Waals surface area contributed by atoms with Gasteiger partial charge in [-0.15, -0.1) is 0 Å². The number of hydrogen-bond acceptors (Lipinski definition) is 5. The van der Waals surface area contributed by atoms with Gasteiger partial charge in [0.2, 0.25) is 0 Å². The highest BCUT2D eigenvalue weighted by molar-refractivity contribution is 6.01. The van der Waals surface area contributed by atoms with Gasteiger partial charge in [0.1, 0.15) is 22.7 Å². The number of halogens is 2. The molecule has 3 heterocycles. The van der Waals surface area contributed by atoms with E-state index in [9.17, 15) is 13.6 Å². The molecule has 1 saturated heterocycles. The third-order valence-corrected chi connectivity index (χ3v) is 5.94. The Hall–Kier alpha value is -3.20. The lowest BCUT2D eigenvalue weighted by Crippen LogP contribution is -2.26. The number of alkyl halides is 2. The molecule has 1 amide bonds. The molecule has 32 heavy (non-hydrogen) atoms. The molecule has 0 spiro atoms. The number of rotatable bonds is 7. The Morgan fingerprint density at radius 3 is 2.75 bits per heavy atom. The smallest absolute Gasteiger partial charge is 0.387 e. The number of pyridine rings is 1. The molecule has 1 atom stereocenters. The molecular formula is C23H24F2N4O3. The van der Waals surface area contributed by atoms with Crippen molar-refractivity contribution >= 4 is 11.6 Å². The van der Waals surface area contributed by atoms with Gasteiger partial charge in [0.05, 0.1) is 19.0 Å². The maximum absolute atomic E-state index is 13.2. The Morgan fingerprint density at radius 1 is 1.25 bits per heavy atom. The Morgan fingerprint density at radius 2 is 2.06 bits per heavy atom. The van der Waals surface area contributed by atoms with Crippen LogP contribution < -0.4 is 20.1 Å². The SMILES string of the molecule is COc1cc(-c2cnc3cc(C4CCCN4)ccn23)cc(OC(F)F)c1C(=O)NC1CC1. The van der Waals surface area contributed by atoms with Crippen LogP contribution in [-0.2, 0) is 0 Å². The van der Waals surface area contributed by atoms with E-state index in [2.05, 4.69) is 15.6 Å². The summed E-state index contributed by atoms with van der Waals surface area (Å²) in [5, 5.41) is 6.28. The van der Waals surface area contributed by atoms with Crippen molar-refractivity contribution in [2.24, 2.45) is 0 Å². The summed E-state index contributed by atoms with van der Waals surface area (Å²) in [4.78, 5) is 17.2. The minimum atomic E-state index is -3.08. The number of imidazole rings is 1. The molecule has 0 radical (unpaired) electrons. The zero-order valence-corrected chi connectivity index (χ0v) is 17.6. The number of benzene rings is 1. The zero-order chi connectivity index (χ0) is 22.2. The van der Waals surface area contributed by atoms with Gasteiger partial charge in [-0.1, -0.05) is 0 Å². The maximum Gasteiger partial charge on any atom is 0.387 e. The normalized spacial score (nSPS) is 18.3. The fourth-order valence-electron chi connectivity index (χ4n) is 4.19.